The van der Waals surface area contributed by atoms with Gasteiger partial charge in [-0.2, -0.15) is 0 Å². The van der Waals surface area contributed by atoms with E-state index < -0.39 is 22.1 Å². The summed E-state index contributed by atoms with van der Waals surface area (Å²) in [4.78, 5) is 9.14. The van der Waals surface area contributed by atoms with Gasteiger partial charge in [-0.3, -0.25) is 4.79 Å². The van der Waals surface area contributed by atoms with E-state index in [-0.39, 0.29) is 17.3 Å². The zero-order valence-electron chi connectivity index (χ0n) is 22.5. The number of aliphatic hydroxyl groups is 2. The lowest BCUT2D eigenvalue weighted by atomic mass is 10.1. The Labute approximate surface area is 235 Å². The zero-order valence-corrected chi connectivity index (χ0v) is 23.3. The van der Waals surface area contributed by atoms with Gasteiger partial charge in [-0.1, -0.05) is 30.3 Å². The van der Waals surface area contributed by atoms with E-state index in [1.54, 1.807) is 24.3 Å². The Morgan fingerprint density at radius 2 is 1.70 bits per heavy atom. The van der Waals surface area contributed by atoms with Crippen molar-refractivity contribution in [3.8, 4) is 11.5 Å². The average Bonchev–Trinajstić information content (AvgIpc) is 2.91. The molecule has 0 fully saturated rings. The minimum Gasteiger partial charge on any atom is -0.508 e. The highest BCUT2D eigenvalue weighted by Crippen LogP contribution is 2.22. The molecule has 1 atom stereocenters. The second kappa shape index (κ2) is 16.6. The summed E-state index contributed by atoms with van der Waals surface area (Å²) in [6.07, 6.45) is 2.53. The Balaban J connectivity index is 0.00000131. The van der Waals surface area contributed by atoms with Crippen LogP contribution in [0, 0.1) is 0 Å². The van der Waals surface area contributed by atoms with E-state index >= 15 is 0 Å². The molecule has 0 saturated heterocycles. The normalized spacial score (nSPS) is 11.8. The van der Waals surface area contributed by atoms with Crippen LogP contribution in [0.2, 0.25) is 0 Å². The molecule has 218 valence electrons. The van der Waals surface area contributed by atoms with E-state index in [4.69, 9.17) is 19.8 Å². The Morgan fingerprint density at radius 3 is 2.35 bits per heavy atom. The van der Waals surface area contributed by atoms with Crippen molar-refractivity contribution in [2.45, 2.75) is 50.2 Å². The predicted octanol–water partition coefficient (Wildman–Crippen LogP) is 2.89. The van der Waals surface area contributed by atoms with E-state index in [0.29, 0.717) is 30.8 Å². The minimum absolute atomic E-state index is 0.0157. The van der Waals surface area contributed by atoms with E-state index in [1.165, 1.54) is 12.1 Å². The second-order valence-electron chi connectivity index (χ2n) is 9.18. The predicted molar refractivity (Wildman–Crippen MR) is 152 cm³/mol. The van der Waals surface area contributed by atoms with Crippen molar-refractivity contribution in [1.29, 1.82) is 0 Å². The molecule has 3 aromatic carbocycles. The highest BCUT2D eigenvalue weighted by atomic mass is 32.2. The minimum atomic E-state index is -3.68. The second-order valence-corrected chi connectivity index (χ2v) is 10.7. The lowest BCUT2D eigenvalue weighted by molar-refractivity contribution is -0.134. The molecule has 0 aromatic heterocycles. The van der Waals surface area contributed by atoms with Crippen LogP contribution in [0.15, 0.2) is 71.6 Å². The highest BCUT2D eigenvalue weighted by molar-refractivity contribution is 7.89. The molecule has 11 heteroatoms. The highest BCUT2D eigenvalue weighted by Gasteiger charge is 2.10. The fraction of sp³-hybridized carbons (Fsp3) is 0.345. The summed E-state index contributed by atoms with van der Waals surface area (Å²) in [6.45, 7) is 2.43. The van der Waals surface area contributed by atoms with Crippen molar-refractivity contribution < 1.29 is 38.4 Å². The molecule has 3 rings (SSSR count). The van der Waals surface area contributed by atoms with Crippen molar-refractivity contribution in [1.82, 2.24) is 5.32 Å². The molecule has 0 unspecified atom stereocenters. The molecule has 0 saturated carbocycles. The number of carboxylic acid groups (broad SMARTS) is 1. The van der Waals surface area contributed by atoms with Crippen molar-refractivity contribution >= 4 is 16.0 Å². The van der Waals surface area contributed by atoms with Crippen LogP contribution in [0.25, 0.3) is 0 Å². The van der Waals surface area contributed by atoms with Crippen LogP contribution >= 0.6 is 0 Å². The number of carbonyl (C=O) groups is 1. The summed E-state index contributed by atoms with van der Waals surface area (Å²) in [5.41, 5.74) is 3.11. The molecule has 0 aliphatic carbocycles. The number of carboxylic acids is 1. The summed E-state index contributed by atoms with van der Waals surface area (Å²) in [6, 6.07) is 19.3. The van der Waals surface area contributed by atoms with Crippen LogP contribution in [-0.4, -0.2) is 54.5 Å². The number of nitrogens with one attached hydrogen (secondary N) is 1. The van der Waals surface area contributed by atoms with Gasteiger partial charge >= 0.3 is 0 Å². The Hall–Kier alpha value is -3.48. The first-order valence-electron chi connectivity index (χ1n) is 12.8. The number of primary sulfonamides is 1. The molecule has 0 bridgehead atoms. The van der Waals surface area contributed by atoms with Crippen LogP contribution in [0.5, 0.6) is 11.5 Å². The third-order valence-corrected chi connectivity index (χ3v) is 6.78. The molecule has 40 heavy (non-hydrogen) atoms. The lowest BCUT2D eigenvalue weighted by Crippen LogP contribution is -2.23. The number of ether oxygens (including phenoxy) is 1. The largest absolute Gasteiger partial charge is 0.508 e. The lowest BCUT2D eigenvalue weighted by Gasteiger charge is -2.14. The van der Waals surface area contributed by atoms with Gasteiger partial charge in [0.05, 0.1) is 24.2 Å². The smallest absolute Gasteiger partial charge is 0.300 e. The number of phenols is 1. The van der Waals surface area contributed by atoms with Crippen molar-refractivity contribution in [2.24, 2.45) is 5.14 Å². The number of benzene rings is 3. The molecule has 0 radical (unpaired) electrons. The van der Waals surface area contributed by atoms with Gasteiger partial charge < -0.3 is 30.5 Å². The molecular weight excluding hydrogens is 536 g/mol. The van der Waals surface area contributed by atoms with Crippen LogP contribution in [-0.2, 0) is 34.3 Å². The standard InChI is InChI=1S/C27H34N2O6S.C2H4O2/c28-36(33,34)25-6-3-5-21(16-25)4-1-2-15-35-24-10-7-20(8-11-24)13-14-29-18-27(32)22-9-12-26(31)23(17-22)19-30;1-2(3)4/h3,5-12,16-17,27,29-32H,1-2,4,13-15,18-19H2,(H2,28,33,34);1H3,(H,3,4)/t27-;/m0./s1. The van der Waals surface area contributed by atoms with E-state index in [0.717, 1.165) is 49.5 Å². The summed E-state index contributed by atoms with van der Waals surface area (Å²) in [5, 5.41) is 45.0. The molecule has 0 heterocycles. The van der Waals surface area contributed by atoms with E-state index in [2.05, 4.69) is 5.32 Å². The molecular formula is C29H38N2O8S. The number of sulfonamides is 1. The van der Waals surface area contributed by atoms with Crippen molar-refractivity contribution in [2.75, 3.05) is 19.7 Å². The number of aliphatic carboxylic acids is 1. The fourth-order valence-corrected chi connectivity index (χ4v) is 4.36. The Bertz CT molecular complexity index is 1310. The SMILES string of the molecule is CC(=O)O.NS(=O)(=O)c1cccc(CCCCOc2ccc(CCNC[C@H](O)c3ccc(O)c(CO)c3)cc2)c1. The number of hydrogen-bond donors (Lipinski definition) is 6. The topological polar surface area (TPSA) is 179 Å². The number of aromatic hydroxyl groups is 1. The quantitative estimate of drug-likeness (QED) is 0.158. The summed E-state index contributed by atoms with van der Waals surface area (Å²) >= 11 is 0. The van der Waals surface area contributed by atoms with E-state index in [1.807, 2.05) is 30.3 Å². The number of aliphatic hydroxyl groups excluding tert-OH is 2. The first-order valence-corrected chi connectivity index (χ1v) is 14.4. The number of hydrogen-bond acceptors (Lipinski definition) is 8. The monoisotopic (exact) mass is 574 g/mol. The van der Waals surface area contributed by atoms with Gasteiger partial charge in [0, 0.05) is 19.0 Å². The average molecular weight is 575 g/mol. The van der Waals surface area contributed by atoms with Crippen LogP contribution < -0.4 is 15.2 Å². The van der Waals surface area contributed by atoms with E-state index in [9.17, 15) is 23.7 Å². The molecule has 0 amide bonds. The summed E-state index contributed by atoms with van der Waals surface area (Å²) in [5.74, 6) is -0.0210. The van der Waals surface area contributed by atoms with Gasteiger partial charge in [-0.15, -0.1) is 0 Å². The number of aryl methyl sites for hydroxylation is 1. The Kier molecular flexibility index (Phi) is 13.6. The van der Waals surface area contributed by atoms with Gasteiger partial charge in [-0.05, 0) is 85.3 Å². The third-order valence-electron chi connectivity index (χ3n) is 5.87. The summed E-state index contributed by atoms with van der Waals surface area (Å²) in [7, 11) is -3.68. The number of nitrogens with two attached hydrogens (primary N) is 1. The molecule has 10 nitrogen and oxygen atoms in total. The van der Waals surface area contributed by atoms with Crippen molar-refractivity contribution in [3.63, 3.8) is 0 Å². The molecule has 0 aliphatic rings. The first kappa shape index (κ1) is 32.7. The number of unbranched alkanes of at least 4 members (excludes halogenated alkanes) is 1. The van der Waals surface area contributed by atoms with Crippen molar-refractivity contribution in [3.05, 3.63) is 89.0 Å². The molecule has 0 spiro atoms. The molecule has 3 aromatic rings. The molecule has 0 aliphatic heterocycles. The van der Waals surface area contributed by atoms with Gasteiger partial charge in [0.15, 0.2) is 0 Å². The maximum atomic E-state index is 11.5. The molecule has 7 N–H and O–H groups in total. The van der Waals surface area contributed by atoms with Gasteiger partial charge in [0.25, 0.3) is 5.97 Å². The van der Waals surface area contributed by atoms with Crippen LogP contribution in [0.3, 0.4) is 0 Å². The van der Waals surface area contributed by atoms with Crippen LogP contribution in [0.1, 0.15) is 48.1 Å². The number of rotatable bonds is 14. The maximum Gasteiger partial charge on any atom is 0.300 e. The zero-order chi connectivity index (χ0) is 29.5. The summed E-state index contributed by atoms with van der Waals surface area (Å²) < 4.78 is 28.7. The first-order chi connectivity index (χ1) is 19.0. The van der Waals surface area contributed by atoms with Gasteiger partial charge in [0.1, 0.15) is 11.5 Å². The van der Waals surface area contributed by atoms with Gasteiger partial charge in [-0.25, -0.2) is 13.6 Å². The van der Waals surface area contributed by atoms with Gasteiger partial charge in [0.2, 0.25) is 10.0 Å². The maximum absolute atomic E-state index is 11.5. The Morgan fingerprint density at radius 1 is 1.00 bits per heavy atom. The third kappa shape index (κ3) is 12.1. The van der Waals surface area contributed by atoms with Crippen LogP contribution in [0.4, 0.5) is 0 Å². The fourth-order valence-electron chi connectivity index (χ4n) is 3.78.